The minimum atomic E-state index is -0.776. The van der Waals surface area contributed by atoms with Gasteiger partial charge in [0.2, 0.25) is 5.91 Å². The lowest BCUT2D eigenvalue weighted by molar-refractivity contribution is -0.145. The highest BCUT2D eigenvalue weighted by atomic mass is 16.4. The van der Waals surface area contributed by atoms with Crippen molar-refractivity contribution in [2.24, 2.45) is 0 Å². The molecule has 1 aliphatic carbocycles. The van der Waals surface area contributed by atoms with E-state index in [-0.39, 0.29) is 18.4 Å². The number of nitrogens with zero attached hydrogens (tertiary/aromatic N) is 1. The van der Waals surface area contributed by atoms with Crippen LogP contribution in [-0.2, 0) is 15.2 Å². The number of hydrogen-bond donors (Lipinski definition) is 2. The predicted octanol–water partition coefficient (Wildman–Crippen LogP) is 3.14. The van der Waals surface area contributed by atoms with E-state index in [0.717, 1.165) is 30.4 Å². The number of allylic oxidation sites excluding steroid dienone is 1. The van der Waals surface area contributed by atoms with Gasteiger partial charge in [-0.05, 0) is 43.2 Å². The maximum absolute atomic E-state index is 11.9. The van der Waals surface area contributed by atoms with E-state index in [2.05, 4.69) is 0 Å². The summed E-state index contributed by atoms with van der Waals surface area (Å²) in [5.74, 6) is -0.636. The third-order valence-corrected chi connectivity index (χ3v) is 5.31. The first-order valence-electron chi connectivity index (χ1n) is 8.99. The zero-order chi connectivity index (χ0) is 17.9. The number of carboxylic acid groups (broad SMARTS) is 1. The Labute approximate surface area is 148 Å². The molecule has 1 aliphatic heterocycles. The molecule has 1 saturated heterocycles. The lowest BCUT2D eigenvalue weighted by atomic mass is 9.75. The number of amides is 1. The molecule has 1 amide bonds. The van der Waals surface area contributed by atoms with Gasteiger partial charge >= 0.3 is 5.97 Å². The Bertz CT molecular complexity index is 661. The molecule has 0 aromatic heterocycles. The quantitative estimate of drug-likeness (QED) is 0.432. The highest BCUT2D eigenvalue weighted by Gasteiger charge is 2.38. The summed E-state index contributed by atoms with van der Waals surface area (Å²) in [6.45, 7) is 0.558. The number of carbonyl (C=O) groups is 2. The first kappa shape index (κ1) is 17.7. The molecule has 1 aromatic rings. The van der Waals surface area contributed by atoms with Crippen molar-refractivity contribution in [2.45, 2.75) is 56.6 Å². The fraction of sp³-hybridized carbons (Fsp3) is 0.500. The minimum absolute atomic E-state index is 0.0984. The van der Waals surface area contributed by atoms with Crippen LogP contribution >= 0.6 is 0 Å². The van der Waals surface area contributed by atoms with E-state index >= 15 is 0 Å². The number of benzene rings is 1. The van der Waals surface area contributed by atoms with Crippen LogP contribution in [0.1, 0.15) is 62.1 Å². The van der Waals surface area contributed by atoms with Gasteiger partial charge in [-0.2, -0.15) is 0 Å². The van der Waals surface area contributed by atoms with Crippen molar-refractivity contribution in [2.75, 3.05) is 6.54 Å². The topological polar surface area (TPSA) is 77.8 Å². The van der Waals surface area contributed by atoms with Crippen LogP contribution in [0.2, 0.25) is 0 Å². The monoisotopic (exact) mass is 343 g/mol. The Balaban J connectivity index is 1.53. The number of likely N-dealkylation sites (tertiary alicyclic amines) is 1. The molecule has 0 spiro atoms. The van der Waals surface area contributed by atoms with Gasteiger partial charge in [-0.1, -0.05) is 36.4 Å². The largest absolute Gasteiger partial charge is 0.481 e. The van der Waals surface area contributed by atoms with Crippen molar-refractivity contribution in [1.82, 2.24) is 4.90 Å². The molecule has 0 bridgehead atoms. The molecule has 25 heavy (non-hydrogen) atoms. The summed E-state index contributed by atoms with van der Waals surface area (Å²) in [4.78, 5) is 24.2. The number of aliphatic hydroxyl groups is 1. The van der Waals surface area contributed by atoms with Gasteiger partial charge in [0.1, 0.15) is 0 Å². The molecule has 0 radical (unpaired) electrons. The Morgan fingerprint density at radius 2 is 1.96 bits per heavy atom. The minimum Gasteiger partial charge on any atom is -0.481 e. The fourth-order valence-electron chi connectivity index (χ4n) is 3.47. The van der Waals surface area contributed by atoms with Gasteiger partial charge in [0.25, 0.3) is 0 Å². The van der Waals surface area contributed by atoms with E-state index in [0.29, 0.717) is 25.8 Å². The smallest absolute Gasteiger partial charge is 0.303 e. The molecule has 134 valence electrons. The van der Waals surface area contributed by atoms with Crippen molar-refractivity contribution in [3.63, 3.8) is 0 Å². The van der Waals surface area contributed by atoms with Crippen LogP contribution in [0.15, 0.2) is 36.4 Å². The standard InChI is InChI=1S/C20H25NO4/c22-18-14-17(21(18)13-4-2-1-3-6-19(23)24)15-7-9-16(10-8-15)20(25)11-5-12-20/h2,4,7-10,17,25H,1,3,5-6,11-14H2,(H,23,24)/b4-2-/t17-/m1/s1. The highest BCUT2D eigenvalue weighted by molar-refractivity contribution is 5.83. The molecule has 5 heteroatoms. The van der Waals surface area contributed by atoms with Crippen LogP contribution in [-0.4, -0.2) is 33.5 Å². The first-order chi connectivity index (χ1) is 12.0. The molecule has 2 N–H and O–H groups in total. The number of aliphatic carboxylic acids is 1. The van der Waals surface area contributed by atoms with Crippen molar-refractivity contribution in [3.8, 4) is 0 Å². The Hall–Kier alpha value is -2.14. The Morgan fingerprint density at radius 3 is 2.52 bits per heavy atom. The third kappa shape index (κ3) is 3.93. The Morgan fingerprint density at radius 1 is 1.24 bits per heavy atom. The lowest BCUT2D eigenvalue weighted by Gasteiger charge is -2.41. The summed E-state index contributed by atoms with van der Waals surface area (Å²) in [6.07, 6.45) is 8.64. The summed E-state index contributed by atoms with van der Waals surface area (Å²) >= 11 is 0. The molecule has 0 unspecified atom stereocenters. The third-order valence-electron chi connectivity index (χ3n) is 5.31. The lowest BCUT2D eigenvalue weighted by Crippen LogP contribution is -2.46. The molecular weight excluding hydrogens is 318 g/mol. The number of hydrogen-bond acceptors (Lipinski definition) is 3. The van der Waals surface area contributed by atoms with Gasteiger partial charge in [0, 0.05) is 13.0 Å². The fourth-order valence-corrected chi connectivity index (χ4v) is 3.47. The van der Waals surface area contributed by atoms with Gasteiger partial charge in [-0.25, -0.2) is 0 Å². The molecule has 1 saturated carbocycles. The van der Waals surface area contributed by atoms with Gasteiger partial charge in [-0.15, -0.1) is 0 Å². The summed E-state index contributed by atoms with van der Waals surface area (Å²) in [6, 6.07) is 8.11. The Kier molecular flexibility index (Phi) is 5.23. The molecule has 3 rings (SSSR count). The second kappa shape index (κ2) is 7.40. The normalized spacial score (nSPS) is 21.9. The molecule has 1 atom stereocenters. The van der Waals surface area contributed by atoms with Crippen molar-refractivity contribution in [3.05, 3.63) is 47.5 Å². The number of β-lactam (4-membered cyclic amide) rings is 1. The van der Waals surface area contributed by atoms with Crippen LogP contribution in [0.4, 0.5) is 0 Å². The van der Waals surface area contributed by atoms with Crippen LogP contribution in [0.3, 0.4) is 0 Å². The average molecular weight is 343 g/mol. The molecule has 2 aliphatic rings. The van der Waals surface area contributed by atoms with Crippen LogP contribution < -0.4 is 0 Å². The second-order valence-corrected chi connectivity index (χ2v) is 7.03. The van der Waals surface area contributed by atoms with Gasteiger partial charge in [0.05, 0.1) is 18.1 Å². The molecule has 1 heterocycles. The van der Waals surface area contributed by atoms with E-state index in [1.54, 1.807) is 0 Å². The predicted molar refractivity (Wildman–Crippen MR) is 93.9 cm³/mol. The van der Waals surface area contributed by atoms with Gasteiger partial charge in [0.15, 0.2) is 0 Å². The second-order valence-electron chi connectivity index (χ2n) is 7.03. The van der Waals surface area contributed by atoms with Crippen molar-refractivity contribution >= 4 is 11.9 Å². The number of rotatable bonds is 8. The molecular formula is C20H25NO4. The summed E-state index contributed by atoms with van der Waals surface area (Å²) in [5, 5.41) is 19.0. The van der Waals surface area contributed by atoms with Crippen molar-refractivity contribution < 1.29 is 19.8 Å². The SMILES string of the molecule is O=C(O)CCC/C=C\CN1C(=O)C[C@@H]1c1ccc(C2(O)CCC2)cc1. The maximum Gasteiger partial charge on any atom is 0.303 e. The number of carbonyl (C=O) groups excluding carboxylic acids is 1. The zero-order valence-corrected chi connectivity index (χ0v) is 14.4. The maximum atomic E-state index is 11.9. The average Bonchev–Trinajstić information content (AvgIpc) is 2.56. The van der Waals surface area contributed by atoms with Crippen LogP contribution in [0.5, 0.6) is 0 Å². The zero-order valence-electron chi connectivity index (χ0n) is 14.4. The molecule has 1 aromatic carbocycles. The van der Waals surface area contributed by atoms with E-state index < -0.39 is 11.6 Å². The van der Waals surface area contributed by atoms with E-state index in [9.17, 15) is 14.7 Å². The number of unbranched alkanes of at least 4 members (excludes halogenated alkanes) is 1. The van der Waals surface area contributed by atoms with E-state index in [4.69, 9.17) is 5.11 Å². The van der Waals surface area contributed by atoms with Gasteiger partial charge in [-0.3, -0.25) is 9.59 Å². The highest BCUT2D eigenvalue weighted by Crippen LogP contribution is 2.42. The molecule has 5 nitrogen and oxygen atoms in total. The van der Waals surface area contributed by atoms with Gasteiger partial charge < -0.3 is 15.1 Å². The first-order valence-corrected chi connectivity index (χ1v) is 8.99. The van der Waals surface area contributed by atoms with Crippen LogP contribution in [0, 0.1) is 0 Å². The summed E-state index contributed by atoms with van der Waals surface area (Å²) in [5.41, 5.74) is 1.43. The summed E-state index contributed by atoms with van der Waals surface area (Å²) in [7, 11) is 0. The van der Waals surface area contributed by atoms with E-state index in [1.807, 2.05) is 41.3 Å². The van der Waals surface area contributed by atoms with E-state index in [1.165, 1.54) is 0 Å². The van der Waals surface area contributed by atoms with Crippen molar-refractivity contribution in [1.29, 1.82) is 0 Å². The van der Waals surface area contributed by atoms with Crippen LogP contribution in [0.25, 0.3) is 0 Å². The molecule has 2 fully saturated rings. The summed E-state index contributed by atoms with van der Waals surface area (Å²) < 4.78 is 0. The number of carboxylic acids is 1.